The van der Waals surface area contributed by atoms with E-state index in [2.05, 4.69) is 41.4 Å². The number of hydrogen-bond acceptors (Lipinski definition) is 4. The number of likely N-dealkylation sites (tertiary alicyclic amines) is 1. The summed E-state index contributed by atoms with van der Waals surface area (Å²) in [6, 6.07) is 17.0. The monoisotopic (exact) mass is 469 g/mol. The van der Waals surface area contributed by atoms with E-state index in [9.17, 15) is 13.2 Å². The molecule has 2 fully saturated rings. The Labute approximate surface area is 198 Å². The molecule has 2 aromatic rings. The molecule has 2 saturated heterocycles. The van der Waals surface area contributed by atoms with Crippen molar-refractivity contribution in [2.75, 3.05) is 26.2 Å². The molecule has 2 aliphatic heterocycles. The maximum atomic E-state index is 12.8. The van der Waals surface area contributed by atoms with Gasteiger partial charge in [-0.25, -0.2) is 8.42 Å². The zero-order valence-electron chi connectivity index (χ0n) is 19.4. The number of piperidine rings is 2. The molecular weight excluding hydrogens is 434 g/mol. The molecule has 1 N–H and O–H groups in total. The molecule has 6 nitrogen and oxygen atoms in total. The second kappa shape index (κ2) is 10.8. The lowest BCUT2D eigenvalue weighted by Crippen LogP contribution is -2.42. The molecule has 0 spiro atoms. The summed E-state index contributed by atoms with van der Waals surface area (Å²) in [5.41, 5.74) is 2.40. The maximum absolute atomic E-state index is 12.8. The standard InChI is InChI=1S/C26H35N3O3S/c1-21-11-15-28(16-12-21)20-23-9-7-22(8-10-23)19-27-26(30)24-13-17-29(18-14-24)33(31,32)25-5-3-2-4-6-25/h2-10,21,24H,11-20H2,1H3,(H,27,30). The first-order valence-corrected chi connectivity index (χ1v) is 13.5. The molecule has 2 aliphatic rings. The van der Waals surface area contributed by atoms with E-state index in [1.54, 1.807) is 30.3 Å². The molecule has 178 valence electrons. The first-order valence-electron chi connectivity index (χ1n) is 12.0. The Morgan fingerprint density at radius 1 is 0.879 bits per heavy atom. The summed E-state index contributed by atoms with van der Waals surface area (Å²) in [6.07, 6.45) is 3.65. The Bertz CT molecular complexity index is 1010. The van der Waals surface area contributed by atoms with E-state index in [1.165, 1.54) is 35.8 Å². The number of nitrogens with one attached hydrogen (secondary N) is 1. The summed E-state index contributed by atoms with van der Waals surface area (Å²) in [5, 5.41) is 3.04. The van der Waals surface area contributed by atoms with Crippen molar-refractivity contribution in [3.8, 4) is 0 Å². The van der Waals surface area contributed by atoms with Crippen LogP contribution >= 0.6 is 0 Å². The molecule has 0 radical (unpaired) electrons. The van der Waals surface area contributed by atoms with Crippen molar-refractivity contribution in [3.05, 3.63) is 65.7 Å². The zero-order chi connectivity index (χ0) is 23.3. The highest BCUT2D eigenvalue weighted by Gasteiger charge is 2.31. The molecule has 0 unspecified atom stereocenters. The number of nitrogens with zero attached hydrogens (tertiary/aromatic N) is 2. The lowest BCUT2D eigenvalue weighted by molar-refractivity contribution is -0.126. The molecule has 2 heterocycles. The summed E-state index contributed by atoms with van der Waals surface area (Å²) in [5.74, 6) is 0.707. The highest BCUT2D eigenvalue weighted by molar-refractivity contribution is 7.89. The largest absolute Gasteiger partial charge is 0.352 e. The van der Waals surface area contributed by atoms with Gasteiger partial charge in [-0.15, -0.1) is 0 Å². The van der Waals surface area contributed by atoms with Crippen molar-refractivity contribution in [1.29, 1.82) is 0 Å². The Balaban J connectivity index is 1.22. The lowest BCUT2D eigenvalue weighted by atomic mass is 9.97. The highest BCUT2D eigenvalue weighted by Crippen LogP contribution is 2.24. The van der Waals surface area contributed by atoms with Gasteiger partial charge in [0.2, 0.25) is 15.9 Å². The molecule has 0 atom stereocenters. The van der Waals surface area contributed by atoms with Gasteiger partial charge in [-0.1, -0.05) is 49.4 Å². The highest BCUT2D eigenvalue weighted by atomic mass is 32.2. The van der Waals surface area contributed by atoms with Gasteiger partial charge in [-0.05, 0) is 68.0 Å². The summed E-state index contributed by atoms with van der Waals surface area (Å²) in [6.45, 7) is 6.91. The van der Waals surface area contributed by atoms with Gasteiger partial charge in [-0.2, -0.15) is 4.31 Å². The molecule has 2 aromatic carbocycles. The molecule has 0 aliphatic carbocycles. The fraction of sp³-hybridized carbons (Fsp3) is 0.500. The van der Waals surface area contributed by atoms with Crippen molar-refractivity contribution in [1.82, 2.24) is 14.5 Å². The maximum Gasteiger partial charge on any atom is 0.243 e. The summed E-state index contributed by atoms with van der Waals surface area (Å²) < 4.78 is 27.0. The average Bonchev–Trinajstić information content (AvgIpc) is 2.85. The number of amides is 1. The first kappa shape index (κ1) is 23.9. The van der Waals surface area contributed by atoms with E-state index in [0.717, 1.165) is 18.0 Å². The molecule has 0 aromatic heterocycles. The van der Waals surface area contributed by atoms with Crippen LogP contribution in [0.1, 0.15) is 43.7 Å². The predicted molar refractivity (Wildman–Crippen MR) is 130 cm³/mol. The Kier molecular flexibility index (Phi) is 7.83. The first-order chi connectivity index (χ1) is 15.9. The van der Waals surface area contributed by atoms with E-state index < -0.39 is 10.0 Å². The number of hydrogen-bond donors (Lipinski definition) is 1. The number of sulfonamides is 1. The van der Waals surface area contributed by atoms with Crippen LogP contribution in [0.3, 0.4) is 0 Å². The summed E-state index contributed by atoms with van der Waals surface area (Å²) in [7, 11) is -3.49. The second-order valence-corrected chi connectivity index (χ2v) is 11.4. The second-order valence-electron chi connectivity index (χ2n) is 9.48. The zero-order valence-corrected chi connectivity index (χ0v) is 20.3. The van der Waals surface area contributed by atoms with Crippen molar-refractivity contribution >= 4 is 15.9 Å². The third kappa shape index (κ3) is 6.22. The SMILES string of the molecule is CC1CCN(Cc2ccc(CNC(=O)C3CCN(S(=O)(=O)c4ccccc4)CC3)cc2)CC1. The number of carbonyl (C=O) groups is 1. The third-order valence-electron chi connectivity index (χ3n) is 6.98. The molecule has 33 heavy (non-hydrogen) atoms. The smallest absolute Gasteiger partial charge is 0.243 e. The van der Waals surface area contributed by atoms with Crippen molar-refractivity contribution in [3.63, 3.8) is 0 Å². The van der Waals surface area contributed by atoms with Gasteiger partial charge in [0, 0.05) is 32.1 Å². The lowest BCUT2D eigenvalue weighted by Gasteiger charge is -2.30. The summed E-state index contributed by atoms with van der Waals surface area (Å²) >= 11 is 0. The van der Waals surface area contributed by atoms with Gasteiger partial charge in [-0.3, -0.25) is 9.69 Å². The number of carbonyl (C=O) groups excluding carboxylic acids is 1. The van der Waals surface area contributed by atoms with Crippen molar-refractivity contribution in [2.24, 2.45) is 11.8 Å². The molecular formula is C26H35N3O3S. The van der Waals surface area contributed by atoms with E-state index in [4.69, 9.17) is 0 Å². The van der Waals surface area contributed by atoms with Crippen LogP contribution in [0.2, 0.25) is 0 Å². The van der Waals surface area contributed by atoms with Gasteiger partial charge in [0.05, 0.1) is 4.90 Å². The van der Waals surface area contributed by atoms with Crippen LogP contribution in [-0.2, 0) is 27.9 Å². The van der Waals surface area contributed by atoms with Crippen LogP contribution in [0.5, 0.6) is 0 Å². The van der Waals surface area contributed by atoms with E-state index in [0.29, 0.717) is 37.4 Å². The van der Waals surface area contributed by atoms with Gasteiger partial charge in [0.25, 0.3) is 0 Å². The molecule has 0 saturated carbocycles. The van der Waals surface area contributed by atoms with Crippen LogP contribution in [-0.4, -0.2) is 49.7 Å². The minimum atomic E-state index is -3.49. The van der Waals surface area contributed by atoms with E-state index >= 15 is 0 Å². The summed E-state index contributed by atoms with van der Waals surface area (Å²) in [4.78, 5) is 15.5. The van der Waals surface area contributed by atoms with Crippen LogP contribution in [0.15, 0.2) is 59.5 Å². The Hall–Kier alpha value is -2.22. The minimum Gasteiger partial charge on any atom is -0.352 e. The molecule has 4 rings (SSSR count). The topological polar surface area (TPSA) is 69.7 Å². The van der Waals surface area contributed by atoms with Gasteiger partial charge in [0.15, 0.2) is 0 Å². The van der Waals surface area contributed by atoms with Gasteiger partial charge >= 0.3 is 0 Å². The fourth-order valence-electron chi connectivity index (χ4n) is 4.67. The Morgan fingerprint density at radius 3 is 2.12 bits per heavy atom. The number of benzene rings is 2. The molecule has 1 amide bonds. The van der Waals surface area contributed by atoms with Crippen LogP contribution in [0.25, 0.3) is 0 Å². The van der Waals surface area contributed by atoms with Gasteiger partial charge in [0.1, 0.15) is 0 Å². The van der Waals surface area contributed by atoms with Crippen LogP contribution in [0.4, 0.5) is 0 Å². The average molecular weight is 470 g/mol. The quantitative estimate of drug-likeness (QED) is 0.672. The predicted octanol–water partition coefficient (Wildman–Crippen LogP) is 3.64. The normalized spacial score (nSPS) is 19.4. The fourth-order valence-corrected chi connectivity index (χ4v) is 6.17. The molecule has 7 heteroatoms. The minimum absolute atomic E-state index is 0.0123. The van der Waals surface area contributed by atoms with Crippen molar-refractivity contribution in [2.45, 2.75) is 50.6 Å². The Morgan fingerprint density at radius 2 is 1.48 bits per heavy atom. The van der Waals surface area contributed by atoms with Crippen LogP contribution in [0, 0.1) is 11.8 Å². The van der Waals surface area contributed by atoms with E-state index in [1.807, 2.05) is 0 Å². The van der Waals surface area contributed by atoms with Gasteiger partial charge < -0.3 is 5.32 Å². The number of rotatable bonds is 7. The van der Waals surface area contributed by atoms with E-state index in [-0.39, 0.29) is 11.8 Å². The van der Waals surface area contributed by atoms with Crippen LogP contribution < -0.4 is 5.32 Å². The third-order valence-corrected chi connectivity index (χ3v) is 8.89. The van der Waals surface area contributed by atoms with Crippen molar-refractivity contribution < 1.29 is 13.2 Å². The molecule has 0 bridgehead atoms.